The van der Waals surface area contributed by atoms with Crippen LogP contribution in [0.3, 0.4) is 0 Å². The lowest BCUT2D eigenvalue weighted by Crippen LogP contribution is -2.47. The number of amides is 3. The van der Waals surface area contributed by atoms with E-state index in [1.54, 1.807) is 20.8 Å². The number of anilines is 1. The van der Waals surface area contributed by atoms with Gasteiger partial charge in [-0.15, -0.1) is 0 Å². The van der Waals surface area contributed by atoms with Crippen LogP contribution in [0.15, 0.2) is 24.3 Å². The molecule has 4 bridgehead atoms. The lowest BCUT2D eigenvalue weighted by atomic mass is 9.49. The van der Waals surface area contributed by atoms with Crippen LogP contribution >= 0.6 is 0 Å². The van der Waals surface area contributed by atoms with Crippen LogP contribution in [0.1, 0.15) is 77.7 Å². The molecule has 3 amide bonds. The van der Waals surface area contributed by atoms with Crippen LogP contribution in [0.25, 0.3) is 0 Å². The van der Waals surface area contributed by atoms with Crippen LogP contribution in [0.4, 0.5) is 10.5 Å². The summed E-state index contributed by atoms with van der Waals surface area (Å²) in [5.74, 6) is 2.55. The molecule has 0 aromatic heterocycles. The summed E-state index contributed by atoms with van der Waals surface area (Å²) in [5.41, 5.74) is 1.38. The number of rotatable bonds is 8. The zero-order valence-corrected chi connectivity index (χ0v) is 20.7. The second-order valence-corrected chi connectivity index (χ2v) is 11.8. The van der Waals surface area contributed by atoms with Gasteiger partial charge in [0, 0.05) is 31.6 Å². The largest absolute Gasteiger partial charge is 0.444 e. The summed E-state index contributed by atoms with van der Waals surface area (Å²) >= 11 is 0. The monoisotopic (exact) mass is 469 g/mol. The first-order chi connectivity index (χ1) is 16.1. The minimum atomic E-state index is -0.567. The molecule has 4 fully saturated rings. The maximum atomic E-state index is 12.7. The Bertz CT molecular complexity index is 868. The molecule has 0 heterocycles. The Morgan fingerprint density at radius 2 is 1.50 bits per heavy atom. The number of alkyl carbamates (subject to hydrolysis) is 1. The molecule has 7 nitrogen and oxygen atoms in total. The highest BCUT2D eigenvalue weighted by molar-refractivity contribution is 5.91. The summed E-state index contributed by atoms with van der Waals surface area (Å²) in [6, 6.07) is 7.50. The second kappa shape index (κ2) is 9.96. The molecule has 0 spiro atoms. The summed E-state index contributed by atoms with van der Waals surface area (Å²) < 4.78 is 5.15. The highest BCUT2D eigenvalue weighted by atomic mass is 16.6. The normalized spacial score (nSPS) is 27.2. The van der Waals surface area contributed by atoms with Gasteiger partial charge in [0.05, 0.1) is 0 Å². The Morgan fingerprint density at radius 3 is 2.06 bits per heavy atom. The van der Waals surface area contributed by atoms with Crippen molar-refractivity contribution in [2.75, 3.05) is 11.9 Å². The van der Waals surface area contributed by atoms with Gasteiger partial charge in [-0.1, -0.05) is 12.1 Å². The van der Waals surface area contributed by atoms with Crippen molar-refractivity contribution in [1.29, 1.82) is 0 Å². The predicted molar refractivity (Wildman–Crippen MR) is 131 cm³/mol. The van der Waals surface area contributed by atoms with E-state index in [4.69, 9.17) is 4.74 Å². The van der Waals surface area contributed by atoms with E-state index in [0.717, 1.165) is 23.3 Å². The molecule has 0 saturated heterocycles. The molecule has 0 atom stereocenters. The van der Waals surface area contributed by atoms with E-state index < -0.39 is 11.7 Å². The Hall–Kier alpha value is -2.57. The van der Waals surface area contributed by atoms with Gasteiger partial charge < -0.3 is 20.7 Å². The van der Waals surface area contributed by atoms with Crippen molar-refractivity contribution in [3.05, 3.63) is 29.8 Å². The summed E-state index contributed by atoms with van der Waals surface area (Å²) in [4.78, 5) is 36.5. The maximum absolute atomic E-state index is 12.7. The Labute approximate surface area is 202 Å². The van der Waals surface area contributed by atoms with Crippen molar-refractivity contribution in [3.63, 3.8) is 0 Å². The van der Waals surface area contributed by atoms with Gasteiger partial charge in [0.15, 0.2) is 0 Å². The molecule has 0 aliphatic heterocycles. The molecule has 5 rings (SSSR count). The molecule has 4 aliphatic rings. The van der Waals surface area contributed by atoms with E-state index in [1.807, 2.05) is 24.3 Å². The first-order valence-corrected chi connectivity index (χ1v) is 12.7. The van der Waals surface area contributed by atoms with Gasteiger partial charge in [0.2, 0.25) is 11.8 Å². The zero-order valence-electron chi connectivity index (χ0n) is 20.7. The minimum absolute atomic E-state index is 0.154. The van der Waals surface area contributed by atoms with Crippen molar-refractivity contribution in [3.8, 4) is 0 Å². The quantitative estimate of drug-likeness (QED) is 0.511. The van der Waals surface area contributed by atoms with Gasteiger partial charge in [0.1, 0.15) is 5.60 Å². The minimum Gasteiger partial charge on any atom is -0.444 e. The molecule has 0 radical (unpaired) electrons. The number of nitrogens with one attached hydrogen (secondary N) is 3. The number of hydrogen-bond acceptors (Lipinski definition) is 4. The smallest absolute Gasteiger partial charge is 0.407 e. The van der Waals surface area contributed by atoms with Gasteiger partial charge in [-0.3, -0.25) is 9.59 Å². The summed E-state index contributed by atoms with van der Waals surface area (Å²) in [6.45, 7) is 6.07. The number of carbonyl (C=O) groups excluding carboxylic acids is 3. The molecule has 4 aliphatic carbocycles. The predicted octanol–water partition coefficient (Wildman–Crippen LogP) is 4.76. The number of benzene rings is 1. The molecule has 34 heavy (non-hydrogen) atoms. The third kappa shape index (κ3) is 6.73. The molecular formula is C27H39N3O4. The standard InChI is InChI=1S/C27H39N3O4/c1-26(2,3)34-25(33)28-9-8-23(31)30-22-6-4-18(5-7-22)17-29-24(32)16-27-13-19-10-20(14-27)12-21(11-19)15-27/h4-7,19-21H,8-17H2,1-3H3,(H,28,33)(H,29,32)(H,30,31). The Kier molecular flexibility index (Phi) is 7.20. The molecule has 1 aromatic rings. The Balaban J connectivity index is 1.16. The van der Waals surface area contributed by atoms with Gasteiger partial charge in [-0.25, -0.2) is 4.79 Å². The van der Waals surface area contributed by atoms with Crippen molar-refractivity contribution in [2.45, 2.75) is 84.3 Å². The molecule has 4 saturated carbocycles. The summed E-state index contributed by atoms with van der Waals surface area (Å²) in [6.07, 6.45) is 8.20. The fourth-order valence-corrected chi connectivity index (χ4v) is 6.63. The van der Waals surface area contributed by atoms with Gasteiger partial charge in [-0.2, -0.15) is 0 Å². The average molecular weight is 470 g/mol. The van der Waals surface area contributed by atoms with Crippen molar-refractivity contribution in [1.82, 2.24) is 10.6 Å². The van der Waals surface area contributed by atoms with Crippen molar-refractivity contribution >= 4 is 23.6 Å². The van der Waals surface area contributed by atoms with E-state index in [2.05, 4.69) is 16.0 Å². The fraction of sp³-hybridized carbons (Fsp3) is 0.667. The number of ether oxygens (including phenoxy) is 1. The lowest BCUT2D eigenvalue weighted by molar-refractivity contribution is -0.129. The van der Waals surface area contributed by atoms with Gasteiger partial charge in [0.25, 0.3) is 0 Å². The van der Waals surface area contributed by atoms with Crippen LogP contribution in [0.5, 0.6) is 0 Å². The fourth-order valence-electron chi connectivity index (χ4n) is 6.63. The van der Waals surface area contributed by atoms with Gasteiger partial charge in [-0.05, 0) is 100 Å². The highest BCUT2D eigenvalue weighted by Crippen LogP contribution is 2.61. The van der Waals surface area contributed by atoms with Gasteiger partial charge >= 0.3 is 6.09 Å². The third-order valence-corrected chi connectivity index (χ3v) is 7.45. The zero-order chi connectivity index (χ0) is 24.3. The molecular weight excluding hydrogens is 430 g/mol. The van der Waals surface area contributed by atoms with Crippen LogP contribution < -0.4 is 16.0 Å². The van der Waals surface area contributed by atoms with E-state index >= 15 is 0 Å². The van der Waals surface area contributed by atoms with E-state index in [9.17, 15) is 14.4 Å². The van der Waals surface area contributed by atoms with E-state index in [-0.39, 0.29) is 30.2 Å². The van der Waals surface area contributed by atoms with Crippen LogP contribution in [0.2, 0.25) is 0 Å². The highest BCUT2D eigenvalue weighted by Gasteiger charge is 2.51. The lowest BCUT2D eigenvalue weighted by Gasteiger charge is -2.56. The first-order valence-electron chi connectivity index (χ1n) is 12.7. The van der Waals surface area contributed by atoms with Crippen molar-refractivity contribution in [2.24, 2.45) is 23.2 Å². The average Bonchev–Trinajstić information content (AvgIpc) is 2.70. The molecule has 1 aromatic carbocycles. The molecule has 0 unspecified atom stereocenters. The van der Waals surface area contributed by atoms with E-state index in [1.165, 1.54) is 38.5 Å². The summed E-state index contributed by atoms with van der Waals surface area (Å²) in [5, 5.41) is 8.51. The third-order valence-electron chi connectivity index (χ3n) is 7.45. The molecule has 3 N–H and O–H groups in total. The maximum Gasteiger partial charge on any atom is 0.407 e. The summed E-state index contributed by atoms with van der Waals surface area (Å²) in [7, 11) is 0. The van der Waals surface area contributed by atoms with Crippen LogP contribution in [-0.4, -0.2) is 30.1 Å². The van der Waals surface area contributed by atoms with Crippen LogP contribution in [-0.2, 0) is 20.9 Å². The molecule has 186 valence electrons. The second-order valence-electron chi connectivity index (χ2n) is 11.8. The van der Waals surface area contributed by atoms with Crippen molar-refractivity contribution < 1.29 is 19.1 Å². The Morgan fingerprint density at radius 1 is 0.912 bits per heavy atom. The number of carbonyl (C=O) groups is 3. The number of hydrogen-bond donors (Lipinski definition) is 3. The van der Waals surface area contributed by atoms with Crippen LogP contribution in [0, 0.1) is 23.2 Å². The molecule has 7 heteroatoms. The van der Waals surface area contributed by atoms with E-state index in [0.29, 0.717) is 18.7 Å². The first kappa shape index (κ1) is 24.6. The SMILES string of the molecule is CC(C)(C)OC(=O)NCCC(=O)Nc1ccc(CNC(=O)CC23CC4CC(CC(C4)C2)C3)cc1. The topological polar surface area (TPSA) is 96.5 Å².